The van der Waals surface area contributed by atoms with Crippen LogP contribution in [0.25, 0.3) is 0 Å². The molecule has 0 bridgehead atoms. The summed E-state index contributed by atoms with van der Waals surface area (Å²) in [6.07, 6.45) is 1.19. The minimum atomic E-state index is 0.0791. The maximum atomic E-state index is 12.7. The van der Waals surface area contributed by atoms with Crippen LogP contribution in [0.15, 0.2) is 24.3 Å². The van der Waals surface area contributed by atoms with Crippen LogP contribution in [0.1, 0.15) is 62.7 Å². The van der Waals surface area contributed by atoms with Crippen LogP contribution >= 0.6 is 0 Å². The molecule has 1 unspecified atom stereocenters. The first kappa shape index (κ1) is 24.9. The number of nitrogens with one attached hydrogen (secondary N) is 1. The highest BCUT2D eigenvalue weighted by Crippen LogP contribution is 2.24. The van der Waals surface area contributed by atoms with Gasteiger partial charge in [0, 0.05) is 25.2 Å². The number of benzene rings is 1. The lowest BCUT2D eigenvalue weighted by atomic mass is 10.0. The van der Waals surface area contributed by atoms with Crippen LogP contribution in [0.5, 0.6) is 5.75 Å². The Balaban J connectivity index is 2.02. The van der Waals surface area contributed by atoms with Gasteiger partial charge in [-0.15, -0.1) is 0 Å². The van der Waals surface area contributed by atoms with Gasteiger partial charge < -0.3 is 10.1 Å². The fraction of sp³-hybridized carbons (Fsp3) is 0.600. The molecule has 0 aliphatic rings. The topological polar surface area (TPSA) is 59.4 Å². The molecule has 31 heavy (non-hydrogen) atoms. The van der Waals surface area contributed by atoms with Gasteiger partial charge in [-0.2, -0.15) is 5.10 Å². The summed E-state index contributed by atoms with van der Waals surface area (Å²) in [6, 6.07) is 8.24. The molecule has 0 radical (unpaired) electrons. The summed E-state index contributed by atoms with van der Waals surface area (Å²) < 4.78 is 7.48. The first-order chi connectivity index (χ1) is 14.8. The Bertz CT molecular complexity index is 840. The van der Waals surface area contributed by atoms with Crippen LogP contribution in [-0.4, -0.2) is 47.3 Å². The number of carbonyl (C=O) groups excluding carboxylic acids is 1. The van der Waals surface area contributed by atoms with E-state index in [1.54, 1.807) is 7.11 Å². The van der Waals surface area contributed by atoms with Crippen LogP contribution in [-0.2, 0) is 17.8 Å². The van der Waals surface area contributed by atoms with Gasteiger partial charge in [-0.3, -0.25) is 14.4 Å². The third kappa shape index (κ3) is 6.82. The van der Waals surface area contributed by atoms with E-state index in [0.717, 1.165) is 43.1 Å². The number of carbonyl (C=O) groups is 1. The van der Waals surface area contributed by atoms with E-state index in [-0.39, 0.29) is 11.9 Å². The average Bonchev–Trinajstić information content (AvgIpc) is 3.01. The van der Waals surface area contributed by atoms with Gasteiger partial charge in [-0.1, -0.05) is 39.8 Å². The summed E-state index contributed by atoms with van der Waals surface area (Å²) in [4.78, 5) is 15.1. The van der Waals surface area contributed by atoms with E-state index in [4.69, 9.17) is 4.74 Å². The number of rotatable bonds is 12. The lowest BCUT2D eigenvalue weighted by Crippen LogP contribution is -2.38. The molecule has 0 spiro atoms. The zero-order chi connectivity index (χ0) is 23.0. The number of hydrogen-bond donors (Lipinski definition) is 1. The zero-order valence-corrected chi connectivity index (χ0v) is 20.4. The molecule has 1 N–H and O–H groups in total. The maximum Gasteiger partial charge on any atom is 0.220 e. The molecule has 2 aromatic rings. The minimum absolute atomic E-state index is 0.0791. The lowest BCUT2D eigenvalue weighted by Gasteiger charge is -2.30. The second kappa shape index (κ2) is 11.9. The first-order valence-corrected chi connectivity index (χ1v) is 11.5. The second-order valence-corrected chi connectivity index (χ2v) is 8.54. The first-order valence-electron chi connectivity index (χ1n) is 11.5. The van der Waals surface area contributed by atoms with E-state index >= 15 is 0 Å². The highest BCUT2D eigenvalue weighted by atomic mass is 16.5. The molecule has 0 aliphatic carbocycles. The van der Waals surface area contributed by atoms with Crippen molar-refractivity contribution in [1.29, 1.82) is 0 Å². The van der Waals surface area contributed by atoms with E-state index < -0.39 is 0 Å². The average molecular weight is 429 g/mol. The normalized spacial score (nSPS) is 12.4. The van der Waals surface area contributed by atoms with E-state index in [9.17, 15) is 4.79 Å². The summed E-state index contributed by atoms with van der Waals surface area (Å²) in [6.45, 7) is 16.2. The number of aromatic nitrogens is 2. The van der Waals surface area contributed by atoms with Gasteiger partial charge in [0.2, 0.25) is 5.91 Å². The molecule has 2 rings (SSSR count). The van der Waals surface area contributed by atoms with Gasteiger partial charge in [-0.25, -0.2) is 0 Å². The summed E-state index contributed by atoms with van der Waals surface area (Å²) in [5.41, 5.74) is 4.56. The Morgan fingerprint density at radius 2 is 1.94 bits per heavy atom. The maximum absolute atomic E-state index is 12.7. The molecule has 1 heterocycles. The smallest absolute Gasteiger partial charge is 0.220 e. The summed E-state index contributed by atoms with van der Waals surface area (Å²) >= 11 is 0. The number of hydrogen-bond acceptors (Lipinski definition) is 4. The van der Waals surface area contributed by atoms with Crippen LogP contribution in [0.4, 0.5) is 0 Å². The predicted octanol–water partition coefficient (Wildman–Crippen LogP) is 4.30. The molecule has 1 aromatic carbocycles. The Morgan fingerprint density at radius 1 is 1.23 bits per heavy atom. The molecule has 1 amide bonds. The highest BCUT2D eigenvalue weighted by molar-refractivity contribution is 5.76. The lowest BCUT2D eigenvalue weighted by molar-refractivity contribution is -0.121. The summed E-state index contributed by atoms with van der Waals surface area (Å²) in [7, 11) is 1.68. The van der Waals surface area contributed by atoms with Gasteiger partial charge >= 0.3 is 0 Å². The van der Waals surface area contributed by atoms with Crippen molar-refractivity contribution in [2.24, 2.45) is 5.92 Å². The fourth-order valence-corrected chi connectivity index (χ4v) is 4.13. The van der Waals surface area contributed by atoms with E-state index in [1.165, 1.54) is 11.3 Å². The van der Waals surface area contributed by atoms with Crippen molar-refractivity contribution in [3.63, 3.8) is 0 Å². The monoisotopic (exact) mass is 428 g/mol. The molecule has 0 aliphatic heterocycles. The van der Waals surface area contributed by atoms with Crippen LogP contribution < -0.4 is 10.1 Å². The summed E-state index contributed by atoms with van der Waals surface area (Å²) in [5.74, 6) is 1.46. The van der Waals surface area contributed by atoms with Crippen molar-refractivity contribution < 1.29 is 9.53 Å². The molecular weight excluding hydrogens is 388 g/mol. The van der Waals surface area contributed by atoms with Gasteiger partial charge in [0.25, 0.3) is 0 Å². The number of aryl methyl sites for hydroxylation is 1. The third-order valence-corrected chi connectivity index (χ3v) is 5.90. The Labute approximate surface area is 188 Å². The number of amides is 1. The molecule has 6 nitrogen and oxygen atoms in total. The largest absolute Gasteiger partial charge is 0.497 e. The quantitative estimate of drug-likeness (QED) is 0.548. The van der Waals surface area contributed by atoms with Gasteiger partial charge in [0.05, 0.1) is 18.8 Å². The van der Waals surface area contributed by atoms with Gasteiger partial charge in [0.15, 0.2) is 0 Å². The van der Waals surface area contributed by atoms with Crippen molar-refractivity contribution in [2.75, 3.05) is 26.7 Å². The van der Waals surface area contributed by atoms with Crippen molar-refractivity contribution in [2.45, 2.75) is 67.0 Å². The highest BCUT2D eigenvalue weighted by Gasteiger charge is 2.20. The molecule has 1 atom stereocenters. The van der Waals surface area contributed by atoms with Gasteiger partial charge in [-0.05, 0) is 62.5 Å². The molecule has 172 valence electrons. The van der Waals surface area contributed by atoms with Crippen LogP contribution in [0, 0.1) is 19.8 Å². The van der Waals surface area contributed by atoms with Crippen molar-refractivity contribution >= 4 is 5.91 Å². The minimum Gasteiger partial charge on any atom is -0.497 e. The van der Waals surface area contributed by atoms with Crippen LogP contribution in [0.3, 0.4) is 0 Å². The van der Waals surface area contributed by atoms with Crippen molar-refractivity contribution in [1.82, 2.24) is 20.0 Å². The fourth-order valence-electron chi connectivity index (χ4n) is 4.13. The second-order valence-electron chi connectivity index (χ2n) is 8.54. The van der Waals surface area contributed by atoms with E-state index in [2.05, 4.69) is 66.7 Å². The van der Waals surface area contributed by atoms with Crippen molar-refractivity contribution in [3.8, 4) is 5.75 Å². The molecule has 0 saturated carbocycles. The molecular formula is C25H40N4O2. The predicted molar refractivity (Wildman–Crippen MR) is 127 cm³/mol. The zero-order valence-electron chi connectivity index (χ0n) is 20.4. The van der Waals surface area contributed by atoms with E-state index in [1.807, 2.05) is 19.1 Å². The number of nitrogens with zero attached hydrogens (tertiary/aromatic N) is 3. The SMILES string of the molecule is CCN(CC)C(CNC(=O)CCc1c(C)nn(CC(C)C)c1C)c1cccc(OC)c1. The third-order valence-electron chi connectivity index (χ3n) is 5.90. The Morgan fingerprint density at radius 3 is 2.55 bits per heavy atom. The molecule has 6 heteroatoms. The molecule has 0 saturated heterocycles. The standard InChI is InChI=1S/C25H40N4O2/c1-8-28(9-2)24(21-11-10-12-22(15-21)31-7)16-26-25(30)14-13-23-19(5)27-29(20(23)6)17-18(3)4/h10-12,15,18,24H,8-9,13-14,16-17H2,1-7H3,(H,26,30). The van der Waals surface area contributed by atoms with E-state index in [0.29, 0.717) is 18.9 Å². The van der Waals surface area contributed by atoms with Gasteiger partial charge in [0.1, 0.15) is 5.75 Å². The Hall–Kier alpha value is -2.34. The Kier molecular flexibility index (Phi) is 9.56. The van der Waals surface area contributed by atoms with Crippen molar-refractivity contribution in [3.05, 3.63) is 46.8 Å². The molecule has 1 aromatic heterocycles. The van der Waals surface area contributed by atoms with Crippen LogP contribution in [0.2, 0.25) is 0 Å². The number of ether oxygens (including phenoxy) is 1. The molecule has 0 fully saturated rings. The summed E-state index contributed by atoms with van der Waals surface area (Å²) in [5, 5.41) is 7.84. The number of methoxy groups -OCH3 is 1. The number of likely N-dealkylation sites (N-methyl/N-ethyl adjacent to an activating group) is 1.